The number of ketones is 1. The summed E-state index contributed by atoms with van der Waals surface area (Å²) in [7, 11) is 1.53. The second kappa shape index (κ2) is 27.3. The van der Waals surface area contributed by atoms with E-state index in [0.29, 0.717) is 32.2 Å². The fourth-order valence-corrected chi connectivity index (χ4v) is 5.11. The molecule has 0 aliphatic rings. The van der Waals surface area contributed by atoms with Gasteiger partial charge in [-0.15, -0.1) is 0 Å². The first-order valence-electron chi connectivity index (χ1n) is 16.9. The highest BCUT2D eigenvalue weighted by atomic mass is 16.4. The van der Waals surface area contributed by atoms with E-state index in [1.54, 1.807) is 0 Å². The van der Waals surface area contributed by atoms with Crippen molar-refractivity contribution < 1.29 is 39.0 Å². The van der Waals surface area contributed by atoms with Crippen LogP contribution in [0.5, 0.6) is 0 Å². The van der Waals surface area contributed by atoms with Crippen LogP contribution >= 0.6 is 0 Å². The van der Waals surface area contributed by atoms with Gasteiger partial charge >= 0.3 is 11.9 Å². The SMILES string of the molecule is CC(=O)CN(C)C(=O)[C@@H](N)CCCCNC(=O)CC[C@H](NC(=O)CCCCCCCCCCCCCCCCC(=O)O)C(=O)O. The third-order valence-corrected chi connectivity index (χ3v) is 7.76. The zero-order chi connectivity index (χ0) is 33.9. The topological polar surface area (TPSA) is 196 Å². The number of nitrogens with zero attached hydrogens (tertiary/aromatic N) is 1. The van der Waals surface area contributed by atoms with E-state index in [1.165, 1.54) is 63.8 Å². The predicted molar refractivity (Wildman–Crippen MR) is 173 cm³/mol. The van der Waals surface area contributed by atoms with E-state index in [1.807, 2.05) is 0 Å². The van der Waals surface area contributed by atoms with Crippen molar-refractivity contribution in [3.63, 3.8) is 0 Å². The molecule has 0 heterocycles. The van der Waals surface area contributed by atoms with Crippen LogP contribution in [0.25, 0.3) is 0 Å². The van der Waals surface area contributed by atoms with Crippen molar-refractivity contribution in [1.82, 2.24) is 15.5 Å². The fourth-order valence-electron chi connectivity index (χ4n) is 5.11. The van der Waals surface area contributed by atoms with Crippen LogP contribution in [0, 0.1) is 0 Å². The van der Waals surface area contributed by atoms with Crippen LogP contribution in [0.1, 0.15) is 142 Å². The lowest BCUT2D eigenvalue weighted by Crippen LogP contribution is -2.43. The molecule has 0 aromatic rings. The first-order valence-corrected chi connectivity index (χ1v) is 16.9. The van der Waals surface area contributed by atoms with Crippen molar-refractivity contribution in [1.29, 1.82) is 0 Å². The number of carboxylic acid groups (broad SMARTS) is 2. The van der Waals surface area contributed by atoms with Crippen LogP contribution in [0.15, 0.2) is 0 Å². The summed E-state index contributed by atoms with van der Waals surface area (Å²) >= 11 is 0. The van der Waals surface area contributed by atoms with E-state index < -0.39 is 24.0 Å². The van der Waals surface area contributed by atoms with E-state index in [4.69, 9.17) is 10.8 Å². The Morgan fingerprint density at radius 3 is 1.60 bits per heavy atom. The molecule has 0 radical (unpaired) electrons. The molecular weight excluding hydrogens is 580 g/mol. The molecule has 12 nitrogen and oxygen atoms in total. The molecule has 3 amide bonds. The quantitative estimate of drug-likeness (QED) is 0.0710. The maximum atomic E-state index is 12.3. The van der Waals surface area contributed by atoms with E-state index >= 15 is 0 Å². The molecule has 12 heteroatoms. The molecule has 0 unspecified atom stereocenters. The van der Waals surface area contributed by atoms with E-state index in [2.05, 4.69) is 10.6 Å². The highest BCUT2D eigenvalue weighted by molar-refractivity contribution is 5.87. The molecule has 2 atom stereocenters. The molecule has 0 aromatic heterocycles. The summed E-state index contributed by atoms with van der Waals surface area (Å²) in [4.78, 5) is 71.0. The van der Waals surface area contributed by atoms with Crippen LogP contribution in [0.4, 0.5) is 0 Å². The molecule has 0 saturated heterocycles. The number of nitrogens with one attached hydrogen (secondary N) is 2. The van der Waals surface area contributed by atoms with Crippen molar-refractivity contribution in [3.8, 4) is 0 Å². The first kappa shape index (κ1) is 42.0. The maximum Gasteiger partial charge on any atom is 0.326 e. The van der Waals surface area contributed by atoms with Gasteiger partial charge in [0.1, 0.15) is 11.8 Å². The summed E-state index contributed by atoms with van der Waals surface area (Å²) in [5.41, 5.74) is 5.89. The number of aliphatic carboxylic acids is 2. The fraction of sp³-hybridized carbons (Fsp3) is 0.818. The molecule has 0 aliphatic carbocycles. The normalized spacial score (nSPS) is 12.2. The van der Waals surface area contributed by atoms with Gasteiger partial charge in [-0.2, -0.15) is 0 Å². The minimum atomic E-state index is -1.17. The van der Waals surface area contributed by atoms with Crippen LogP contribution in [0.3, 0.4) is 0 Å². The van der Waals surface area contributed by atoms with Crippen LogP contribution in [-0.4, -0.2) is 82.8 Å². The third-order valence-electron chi connectivity index (χ3n) is 7.76. The maximum absolute atomic E-state index is 12.3. The summed E-state index contributed by atoms with van der Waals surface area (Å²) in [5.74, 6) is -2.92. The number of nitrogens with two attached hydrogens (primary N) is 1. The summed E-state index contributed by atoms with van der Waals surface area (Å²) < 4.78 is 0. The number of likely N-dealkylation sites (N-methyl/N-ethyl adjacent to an activating group) is 1. The second-order valence-electron chi connectivity index (χ2n) is 12.2. The van der Waals surface area contributed by atoms with Crippen molar-refractivity contribution in [3.05, 3.63) is 0 Å². The monoisotopic (exact) mass is 640 g/mol. The number of hydrogen-bond acceptors (Lipinski definition) is 7. The van der Waals surface area contributed by atoms with E-state index in [9.17, 15) is 33.9 Å². The molecule has 0 bridgehead atoms. The molecule has 260 valence electrons. The van der Waals surface area contributed by atoms with Gasteiger partial charge in [0.25, 0.3) is 0 Å². The summed E-state index contributed by atoms with van der Waals surface area (Å²) in [6.07, 6.45) is 17.3. The van der Waals surface area contributed by atoms with Crippen molar-refractivity contribution in [2.75, 3.05) is 20.1 Å². The van der Waals surface area contributed by atoms with Gasteiger partial charge in [-0.3, -0.25) is 24.0 Å². The molecule has 0 saturated carbocycles. The Morgan fingerprint density at radius 2 is 1.13 bits per heavy atom. The highest BCUT2D eigenvalue weighted by Crippen LogP contribution is 2.14. The molecule has 45 heavy (non-hydrogen) atoms. The Balaban J connectivity index is 3.82. The Bertz CT molecular complexity index is 883. The number of hydrogen-bond donors (Lipinski definition) is 5. The molecule has 0 aromatic carbocycles. The zero-order valence-electron chi connectivity index (χ0n) is 27.8. The minimum Gasteiger partial charge on any atom is -0.481 e. The van der Waals surface area contributed by atoms with Gasteiger partial charge in [-0.1, -0.05) is 77.0 Å². The average Bonchev–Trinajstić information content (AvgIpc) is 2.97. The number of carbonyl (C=O) groups is 6. The van der Waals surface area contributed by atoms with Gasteiger partial charge in [0.2, 0.25) is 17.7 Å². The summed E-state index contributed by atoms with van der Waals surface area (Å²) in [6.45, 7) is 1.79. The molecule has 6 N–H and O–H groups in total. The van der Waals surface area contributed by atoms with Crippen molar-refractivity contribution in [2.45, 2.75) is 154 Å². The largest absolute Gasteiger partial charge is 0.481 e. The van der Waals surface area contributed by atoms with Gasteiger partial charge in [0, 0.05) is 32.9 Å². The van der Waals surface area contributed by atoms with Crippen molar-refractivity contribution >= 4 is 35.4 Å². The molecule has 0 fully saturated rings. The Kier molecular flexibility index (Phi) is 25.5. The van der Waals surface area contributed by atoms with E-state index in [0.717, 1.165) is 38.5 Å². The van der Waals surface area contributed by atoms with Gasteiger partial charge in [-0.25, -0.2) is 4.79 Å². The standard InChI is InChI=1S/C33H60N4O8/c1-26(38)25-37(2)32(43)27(34)19-17-18-24-35-29(39)23-22-28(33(44)45)36-30(40)20-15-13-11-9-7-5-3-4-6-8-10-12-14-16-21-31(41)42/h27-28H,3-25,34H2,1-2H3,(H,35,39)(H,36,40)(H,41,42)(H,44,45)/t27-,28-/m0/s1. The number of amides is 3. The minimum absolute atomic E-state index is 0.00155. The Morgan fingerprint density at radius 1 is 0.644 bits per heavy atom. The highest BCUT2D eigenvalue weighted by Gasteiger charge is 2.21. The molecule has 0 aliphatic heterocycles. The third kappa shape index (κ3) is 26.0. The Labute approximate surface area is 269 Å². The smallest absolute Gasteiger partial charge is 0.326 e. The first-order chi connectivity index (χ1) is 21.4. The second-order valence-corrected chi connectivity index (χ2v) is 12.2. The van der Waals surface area contributed by atoms with Crippen LogP contribution in [-0.2, 0) is 28.8 Å². The Hall–Kier alpha value is -3.02. The van der Waals surface area contributed by atoms with Gasteiger partial charge in [-0.05, 0) is 45.4 Å². The summed E-state index contributed by atoms with van der Waals surface area (Å²) in [6, 6.07) is -1.83. The zero-order valence-corrected chi connectivity index (χ0v) is 27.8. The number of Topliss-reactive ketones (excluding diaryl/α,β-unsaturated/α-hetero) is 1. The lowest BCUT2D eigenvalue weighted by molar-refractivity contribution is -0.142. The average molecular weight is 641 g/mol. The van der Waals surface area contributed by atoms with Crippen molar-refractivity contribution in [2.24, 2.45) is 5.73 Å². The van der Waals surface area contributed by atoms with Gasteiger partial charge in [0.05, 0.1) is 12.6 Å². The number of carbonyl (C=O) groups excluding carboxylic acids is 4. The van der Waals surface area contributed by atoms with Gasteiger partial charge in [0.15, 0.2) is 0 Å². The van der Waals surface area contributed by atoms with Gasteiger partial charge < -0.3 is 31.5 Å². The summed E-state index contributed by atoms with van der Waals surface area (Å²) in [5, 5.41) is 23.3. The lowest BCUT2D eigenvalue weighted by Gasteiger charge is -2.20. The number of carboxylic acids is 2. The lowest BCUT2D eigenvalue weighted by atomic mass is 10.0. The number of unbranched alkanes of at least 4 members (excludes halogenated alkanes) is 14. The van der Waals surface area contributed by atoms with Crippen LogP contribution in [0.2, 0.25) is 0 Å². The molecular formula is C33H60N4O8. The molecule has 0 rings (SSSR count). The predicted octanol–water partition coefficient (Wildman–Crippen LogP) is 4.32. The van der Waals surface area contributed by atoms with E-state index in [-0.39, 0.29) is 55.7 Å². The number of rotatable bonds is 30. The van der Waals surface area contributed by atoms with Crippen LogP contribution < -0.4 is 16.4 Å². The molecule has 0 spiro atoms.